The highest BCUT2D eigenvalue weighted by molar-refractivity contribution is 7.89. The number of benzene rings is 1. The van der Waals surface area contributed by atoms with Gasteiger partial charge in [0.1, 0.15) is 10.7 Å². The highest BCUT2D eigenvalue weighted by Crippen LogP contribution is 2.33. The fraction of sp³-hybridized carbons (Fsp3) is 0.421. The second-order valence-electron chi connectivity index (χ2n) is 7.21. The maximum Gasteiger partial charge on any atom is 0.270 e. The van der Waals surface area contributed by atoms with Gasteiger partial charge < -0.3 is 14.5 Å². The van der Waals surface area contributed by atoms with Gasteiger partial charge in [-0.3, -0.25) is 10.1 Å². The predicted octanol–water partition coefficient (Wildman–Crippen LogP) is 1.99. The maximum absolute atomic E-state index is 13.3. The quantitative estimate of drug-likeness (QED) is 0.485. The van der Waals surface area contributed by atoms with E-state index in [0.29, 0.717) is 55.9 Å². The molecule has 2 aromatic rings. The molecule has 0 atom stereocenters. The lowest BCUT2D eigenvalue weighted by molar-refractivity contribution is -0.385. The minimum atomic E-state index is -3.91. The molecule has 2 fully saturated rings. The van der Waals surface area contributed by atoms with Crippen molar-refractivity contribution < 1.29 is 18.1 Å². The van der Waals surface area contributed by atoms with Gasteiger partial charge in [0.05, 0.1) is 28.8 Å². The van der Waals surface area contributed by atoms with Crippen LogP contribution in [0.2, 0.25) is 5.02 Å². The van der Waals surface area contributed by atoms with Crippen LogP contribution in [0.1, 0.15) is 0 Å². The number of nitrogens with zero attached hydrogens (tertiary/aromatic N) is 5. The minimum absolute atomic E-state index is 0.0482. The van der Waals surface area contributed by atoms with E-state index in [4.69, 9.17) is 16.3 Å². The van der Waals surface area contributed by atoms with E-state index in [1.54, 1.807) is 18.3 Å². The Morgan fingerprint density at radius 1 is 1.03 bits per heavy atom. The van der Waals surface area contributed by atoms with Crippen molar-refractivity contribution in [3.63, 3.8) is 0 Å². The lowest BCUT2D eigenvalue weighted by Crippen LogP contribution is -2.48. The number of nitro benzene ring substituents is 1. The van der Waals surface area contributed by atoms with Gasteiger partial charge in [0.2, 0.25) is 10.0 Å². The van der Waals surface area contributed by atoms with Crippen LogP contribution in [0.3, 0.4) is 0 Å². The van der Waals surface area contributed by atoms with Crippen LogP contribution < -0.4 is 9.80 Å². The summed E-state index contributed by atoms with van der Waals surface area (Å²) in [6.07, 6.45) is 1.68. The van der Waals surface area contributed by atoms with Crippen molar-refractivity contribution in [1.82, 2.24) is 9.29 Å². The van der Waals surface area contributed by atoms with Crippen molar-refractivity contribution >= 4 is 38.8 Å². The zero-order valence-electron chi connectivity index (χ0n) is 16.7. The van der Waals surface area contributed by atoms with E-state index in [0.717, 1.165) is 6.07 Å². The topological polar surface area (TPSA) is 109 Å². The molecule has 1 aromatic carbocycles. The fourth-order valence-electron chi connectivity index (χ4n) is 3.78. The van der Waals surface area contributed by atoms with E-state index in [-0.39, 0.29) is 23.7 Å². The molecule has 12 heteroatoms. The number of aromatic nitrogens is 1. The summed E-state index contributed by atoms with van der Waals surface area (Å²) in [6, 6.07) is 7.56. The molecule has 0 radical (unpaired) electrons. The monoisotopic (exact) mass is 467 g/mol. The number of nitro groups is 1. The van der Waals surface area contributed by atoms with Gasteiger partial charge in [0.25, 0.3) is 5.69 Å². The first-order valence-electron chi connectivity index (χ1n) is 9.84. The molecule has 2 aliphatic rings. The molecule has 0 aliphatic carbocycles. The highest BCUT2D eigenvalue weighted by atomic mass is 35.5. The van der Waals surface area contributed by atoms with Crippen molar-refractivity contribution in [2.75, 3.05) is 62.3 Å². The molecule has 0 bridgehead atoms. The first kappa shape index (κ1) is 21.8. The van der Waals surface area contributed by atoms with Crippen molar-refractivity contribution in [3.05, 3.63) is 51.7 Å². The first-order chi connectivity index (χ1) is 14.9. The van der Waals surface area contributed by atoms with Crippen molar-refractivity contribution in [2.45, 2.75) is 4.90 Å². The van der Waals surface area contributed by atoms with Gasteiger partial charge in [0, 0.05) is 57.6 Å². The Morgan fingerprint density at radius 2 is 1.71 bits per heavy atom. The molecule has 31 heavy (non-hydrogen) atoms. The van der Waals surface area contributed by atoms with Crippen LogP contribution in [-0.4, -0.2) is 75.1 Å². The Bertz CT molecular complexity index is 1070. The maximum atomic E-state index is 13.3. The third-order valence-corrected chi connectivity index (χ3v) is 7.62. The number of hydrogen-bond donors (Lipinski definition) is 0. The van der Waals surface area contributed by atoms with E-state index in [9.17, 15) is 18.5 Å². The Hall–Kier alpha value is -2.47. The Labute approximate surface area is 185 Å². The summed E-state index contributed by atoms with van der Waals surface area (Å²) < 4.78 is 33.3. The van der Waals surface area contributed by atoms with Crippen LogP contribution in [0, 0.1) is 10.1 Å². The summed E-state index contributed by atoms with van der Waals surface area (Å²) in [5.41, 5.74) is 0.207. The molecular weight excluding hydrogens is 446 g/mol. The number of ether oxygens (including phenoxy) is 1. The molecule has 0 amide bonds. The molecular formula is C19H22ClN5O5S. The molecule has 4 rings (SSSR count). The van der Waals surface area contributed by atoms with E-state index < -0.39 is 14.9 Å². The van der Waals surface area contributed by atoms with Gasteiger partial charge in [-0.05, 0) is 18.2 Å². The minimum Gasteiger partial charge on any atom is -0.379 e. The molecule has 10 nitrogen and oxygen atoms in total. The third kappa shape index (κ3) is 4.45. The number of sulfonamides is 1. The summed E-state index contributed by atoms with van der Waals surface area (Å²) in [4.78, 5) is 19.0. The van der Waals surface area contributed by atoms with Gasteiger partial charge in [-0.25, -0.2) is 13.4 Å². The largest absolute Gasteiger partial charge is 0.379 e. The van der Waals surface area contributed by atoms with Gasteiger partial charge in [-0.1, -0.05) is 11.6 Å². The SMILES string of the molecule is O=[N+]([O-])c1ccc(N2CCN(c3ncccc3Cl)CC2)c(S(=O)(=O)N2CCOCC2)c1. The highest BCUT2D eigenvalue weighted by Gasteiger charge is 2.33. The number of non-ortho nitro benzene ring substituents is 1. The van der Waals surface area contributed by atoms with Crippen LogP contribution in [0.15, 0.2) is 41.4 Å². The lowest BCUT2D eigenvalue weighted by atomic mass is 10.2. The van der Waals surface area contributed by atoms with E-state index >= 15 is 0 Å². The number of halogens is 1. The van der Waals surface area contributed by atoms with E-state index in [1.807, 2.05) is 9.80 Å². The van der Waals surface area contributed by atoms with Crippen molar-refractivity contribution in [3.8, 4) is 0 Å². The molecule has 0 unspecified atom stereocenters. The summed E-state index contributed by atoms with van der Waals surface area (Å²) in [5, 5.41) is 11.9. The molecule has 166 valence electrons. The molecule has 3 heterocycles. The van der Waals surface area contributed by atoms with Crippen LogP contribution in [0.25, 0.3) is 0 Å². The molecule has 0 saturated carbocycles. The number of hydrogen-bond acceptors (Lipinski definition) is 8. The molecule has 2 aliphatic heterocycles. The predicted molar refractivity (Wildman–Crippen MR) is 116 cm³/mol. The van der Waals surface area contributed by atoms with Gasteiger partial charge in [0.15, 0.2) is 0 Å². The Morgan fingerprint density at radius 3 is 2.35 bits per heavy atom. The second-order valence-corrected chi connectivity index (χ2v) is 9.52. The number of piperazine rings is 1. The van der Waals surface area contributed by atoms with Gasteiger partial charge >= 0.3 is 0 Å². The smallest absolute Gasteiger partial charge is 0.270 e. The van der Waals surface area contributed by atoms with E-state index in [2.05, 4.69) is 4.98 Å². The summed E-state index contributed by atoms with van der Waals surface area (Å²) >= 11 is 6.25. The Kier molecular flexibility index (Phi) is 6.28. The van der Waals surface area contributed by atoms with Crippen molar-refractivity contribution in [1.29, 1.82) is 0 Å². The van der Waals surface area contributed by atoms with Crippen LogP contribution in [0.5, 0.6) is 0 Å². The number of pyridine rings is 1. The standard InChI is InChI=1S/C19H22ClN5O5S/c20-16-2-1-5-21-19(16)23-8-6-22(7-9-23)17-4-3-15(25(26)27)14-18(17)31(28,29)24-10-12-30-13-11-24/h1-5,14H,6-13H2. The lowest BCUT2D eigenvalue weighted by Gasteiger charge is -2.38. The number of rotatable bonds is 5. The number of morpholine rings is 1. The molecule has 0 N–H and O–H groups in total. The first-order valence-corrected chi connectivity index (χ1v) is 11.7. The molecule has 0 spiro atoms. The van der Waals surface area contributed by atoms with Gasteiger partial charge in [-0.15, -0.1) is 0 Å². The van der Waals surface area contributed by atoms with Crippen LogP contribution >= 0.6 is 11.6 Å². The fourth-order valence-corrected chi connectivity index (χ4v) is 5.66. The van der Waals surface area contributed by atoms with Crippen LogP contribution in [-0.2, 0) is 14.8 Å². The summed E-state index contributed by atoms with van der Waals surface area (Å²) in [5.74, 6) is 0.689. The third-order valence-electron chi connectivity index (χ3n) is 5.40. The zero-order valence-corrected chi connectivity index (χ0v) is 18.3. The summed E-state index contributed by atoms with van der Waals surface area (Å²) in [6.45, 7) is 3.26. The molecule has 2 saturated heterocycles. The number of anilines is 2. The Balaban J connectivity index is 1.63. The van der Waals surface area contributed by atoms with Crippen molar-refractivity contribution in [2.24, 2.45) is 0 Å². The average Bonchev–Trinajstić information content (AvgIpc) is 2.80. The van der Waals surface area contributed by atoms with Crippen LogP contribution in [0.4, 0.5) is 17.2 Å². The normalized spacial score (nSPS) is 18.2. The second kappa shape index (κ2) is 8.95. The van der Waals surface area contributed by atoms with E-state index in [1.165, 1.54) is 16.4 Å². The average molecular weight is 468 g/mol. The zero-order chi connectivity index (χ0) is 22.0. The van der Waals surface area contributed by atoms with Gasteiger partial charge in [-0.2, -0.15) is 4.31 Å². The molecule has 1 aromatic heterocycles. The summed E-state index contributed by atoms with van der Waals surface area (Å²) in [7, 11) is -3.91.